The maximum atomic E-state index is 12.2. The van der Waals surface area contributed by atoms with Crippen LogP contribution in [0.5, 0.6) is 0 Å². The van der Waals surface area contributed by atoms with E-state index >= 15 is 0 Å². The molecule has 1 saturated heterocycles. The summed E-state index contributed by atoms with van der Waals surface area (Å²) in [5.74, 6) is -0.213. The van der Waals surface area contributed by atoms with Gasteiger partial charge in [-0.25, -0.2) is 4.98 Å². The summed E-state index contributed by atoms with van der Waals surface area (Å²) in [6.07, 6.45) is 2.26. The molecule has 0 spiro atoms. The zero-order valence-corrected chi connectivity index (χ0v) is 14.0. The number of nitrogens with one attached hydrogen (secondary N) is 3. The Labute approximate surface area is 138 Å². The van der Waals surface area contributed by atoms with Crippen LogP contribution < -0.4 is 21.1 Å². The van der Waals surface area contributed by atoms with Gasteiger partial charge in [-0.15, -0.1) is 0 Å². The lowest BCUT2D eigenvalue weighted by molar-refractivity contribution is 0.0947. The third kappa shape index (κ3) is 3.84. The van der Waals surface area contributed by atoms with Gasteiger partial charge in [-0.05, 0) is 32.0 Å². The molecular formula is C13H19N5O2S2. The van der Waals surface area contributed by atoms with Gasteiger partial charge >= 0.3 is 0 Å². The lowest BCUT2D eigenvalue weighted by atomic mass is 10.4. The van der Waals surface area contributed by atoms with Crippen LogP contribution in [0.1, 0.15) is 28.2 Å². The van der Waals surface area contributed by atoms with E-state index in [9.17, 15) is 4.79 Å². The summed E-state index contributed by atoms with van der Waals surface area (Å²) >= 11 is 6.50. The number of morpholine rings is 1. The van der Waals surface area contributed by atoms with E-state index in [1.54, 1.807) is 0 Å². The molecule has 0 radical (unpaired) electrons. The number of carbonyl (C=O) groups is 1. The standard InChI is InChI=1S/C13H19N5O2S2/c1-8-10(11(19)16-17-12(21)15-9-2-3-9)22-13(14-8)18-4-6-20-7-5-18/h9H,2-7H2,1H3,(H,16,19)(H2,15,17,21). The van der Waals surface area contributed by atoms with E-state index in [4.69, 9.17) is 17.0 Å². The summed E-state index contributed by atoms with van der Waals surface area (Å²) in [5, 5.41) is 4.42. The molecule has 2 heterocycles. The van der Waals surface area contributed by atoms with Gasteiger partial charge in [0.25, 0.3) is 5.91 Å². The summed E-state index contributed by atoms with van der Waals surface area (Å²) in [5.41, 5.74) is 6.09. The van der Waals surface area contributed by atoms with Crippen LogP contribution in [0.4, 0.5) is 5.13 Å². The van der Waals surface area contributed by atoms with Crippen molar-refractivity contribution in [2.75, 3.05) is 31.2 Å². The molecule has 0 atom stereocenters. The molecule has 0 bridgehead atoms. The number of hydrogen-bond donors (Lipinski definition) is 3. The van der Waals surface area contributed by atoms with Crippen LogP contribution in [0, 0.1) is 6.92 Å². The number of anilines is 1. The van der Waals surface area contributed by atoms with Crippen LogP contribution in [-0.4, -0.2) is 48.3 Å². The van der Waals surface area contributed by atoms with E-state index in [0.717, 1.165) is 36.8 Å². The Morgan fingerprint density at radius 2 is 2.09 bits per heavy atom. The van der Waals surface area contributed by atoms with Gasteiger partial charge in [-0.1, -0.05) is 11.3 Å². The summed E-state index contributed by atoms with van der Waals surface area (Å²) in [6, 6.07) is 0.454. The van der Waals surface area contributed by atoms with E-state index in [1.807, 2.05) is 6.92 Å². The van der Waals surface area contributed by atoms with Gasteiger partial charge < -0.3 is 15.0 Å². The van der Waals surface area contributed by atoms with Gasteiger partial charge in [-0.3, -0.25) is 15.6 Å². The third-order valence-electron chi connectivity index (χ3n) is 3.48. The second-order valence-corrected chi connectivity index (χ2v) is 6.72. The molecule has 7 nitrogen and oxygen atoms in total. The highest BCUT2D eigenvalue weighted by Gasteiger charge is 2.23. The average molecular weight is 341 g/mol. The minimum Gasteiger partial charge on any atom is -0.378 e. The predicted octanol–water partition coefficient (Wildman–Crippen LogP) is 0.559. The molecule has 2 fully saturated rings. The van der Waals surface area contributed by atoms with Crippen molar-refractivity contribution in [1.29, 1.82) is 0 Å². The molecule has 0 aromatic carbocycles. The molecule has 0 unspecified atom stereocenters. The van der Waals surface area contributed by atoms with Gasteiger partial charge in [0.1, 0.15) is 4.88 Å². The van der Waals surface area contributed by atoms with Crippen molar-refractivity contribution >= 4 is 39.7 Å². The van der Waals surface area contributed by atoms with Crippen LogP contribution in [0.15, 0.2) is 0 Å². The Morgan fingerprint density at radius 1 is 1.36 bits per heavy atom. The van der Waals surface area contributed by atoms with Crippen molar-refractivity contribution < 1.29 is 9.53 Å². The number of aromatic nitrogens is 1. The third-order valence-corrected chi connectivity index (χ3v) is 4.91. The minimum absolute atomic E-state index is 0.213. The molecule has 1 amide bonds. The highest BCUT2D eigenvalue weighted by molar-refractivity contribution is 7.80. The zero-order valence-electron chi connectivity index (χ0n) is 12.3. The number of rotatable bonds is 3. The number of nitrogens with zero attached hydrogens (tertiary/aromatic N) is 2. The van der Waals surface area contributed by atoms with Crippen molar-refractivity contribution in [3.05, 3.63) is 10.6 Å². The smallest absolute Gasteiger partial charge is 0.281 e. The number of carbonyl (C=O) groups excluding carboxylic acids is 1. The van der Waals surface area contributed by atoms with Gasteiger partial charge in [0.05, 0.1) is 18.9 Å². The number of ether oxygens (including phenoxy) is 1. The van der Waals surface area contributed by atoms with Crippen molar-refractivity contribution in [3.63, 3.8) is 0 Å². The number of hydrogen-bond acceptors (Lipinski definition) is 6. The van der Waals surface area contributed by atoms with E-state index in [2.05, 4.69) is 26.1 Å². The normalized spacial score (nSPS) is 18.0. The van der Waals surface area contributed by atoms with Crippen molar-refractivity contribution in [2.45, 2.75) is 25.8 Å². The van der Waals surface area contributed by atoms with Crippen LogP contribution >= 0.6 is 23.6 Å². The molecule has 120 valence electrons. The van der Waals surface area contributed by atoms with Gasteiger partial charge in [0.2, 0.25) is 0 Å². The van der Waals surface area contributed by atoms with Crippen LogP contribution in [-0.2, 0) is 4.74 Å². The first kappa shape index (κ1) is 15.4. The van der Waals surface area contributed by atoms with Gasteiger partial charge in [-0.2, -0.15) is 0 Å². The van der Waals surface area contributed by atoms with Crippen molar-refractivity contribution in [3.8, 4) is 0 Å². The molecule has 1 saturated carbocycles. The Bertz CT molecular complexity index is 567. The van der Waals surface area contributed by atoms with Crippen molar-refractivity contribution in [1.82, 2.24) is 21.2 Å². The average Bonchev–Trinajstić information content (AvgIpc) is 3.25. The maximum absolute atomic E-state index is 12.2. The summed E-state index contributed by atoms with van der Waals surface area (Å²) in [4.78, 5) is 19.5. The zero-order chi connectivity index (χ0) is 15.5. The Balaban J connectivity index is 1.57. The summed E-state index contributed by atoms with van der Waals surface area (Å²) in [7, 11) is 0. The molecule has 2 aliphatic rings. The fourth-order valence-corrected chi connectivity index (χ4v) is 3.33. The Hall–Kier alpha value is -1.45. The quantitative estimate of drug-likeness (QED) is 0.548. The molecule has 1 aliphatic heterocycles. The Kier molecular flexibility index (Phi) is 4.74. The highest BCUT2D eigenvalue weighted by Crippen LogP contribution is 2.26. The molecule has 1 aliphatic carbocycles. The fraction of sp³-hybridized carbons (Fsp3) is 0.615. The largest absolute Gasteiger partial charge is 0.378 e. The molecule has 1 aromatic rings. The van der Waals surface area contributed by atoms with Gasteiger partial charge in [0.15, 0.2) is 10.2 Å². The topological polar surface area (TPSA) is 78.5 Å². The lowest BCUT2D eigenvalue weighted by Crippen LogP contribution is -2.47. The summed E-state index contributed by atoms with van der Waals surface area (Å²) < 4.78 is 5.33. The minimum atomic E-state index is -0.213. The highest BCUT2D eigenvalue weighted by atomic mass is 32.1. The molecule has 3 N–H and O–H groups in total. The monoisotopic (exact) mass is 341 g/mol. The Morgan fingerprint density at radius 3 is 2.77 bits per heavy atom. The molecule has 1 aromatic heterocycles. The molecule has 9 heteroatoms. The number of aryl methyl sites for hydroxylation is 1. The first-order chi connectivity index (χ1) is 10.6. The lowest BCUT2D eigenvalue weighted by Gasteiger charge is -2.25. The second kappa shape index (κ2) is 6.76. The van der Waals surface area contributed by atoms with Gasteiger partial charge in [0, 0.05) is 19.1 Å². The van der Waals surface area contributed by atoms with Crippen molar-refractivity contribution in [2.24, 2.45) is 0 Å². The molecule has 22 heavy (non-hydrogen) atoms. The van der Waals surface area contributed by atoms with E-state index < -0.39 is 0 Å². The molecule has 3 rings (SSSR count). The SMILES string of the molecule is Cc1nc(N2CCOCC2)sc1C(=O)NNC(=S)NC1CC1. The second-order valence-electron chi connectivity index (χ2n) is 5.34. The number of thiazole rings is 1. The fourth-order valence-electron chi connectivity index (χ4n) is 2.10. The van der Waals surface area contributed by atoms with Crippen LogP contribution in [0.2, 0.25) is 0 Å². The predicted molar refractivity (Wildman–Crippen MR) is 89.2 cm³/mol. The number of amides is 1. The van der Waals surface area contributed by atoms with E-state index in [-0.39, 0.29) is 5.91 Å². The first-order valence-electron chi connectivity index (χ1n) is 7.30. The first-order valence-corrected chi connectivity index (χ1v) is 8.53. The summed E-state index contributed by atoms with van der Waals surface area (Å²) in [6.45, 7) is 4.85. The van der Waals surface area contributed by atoms with Crippen LogP contribution in [0.25, 0.3) is 0 Å². The maximum Gasteiger partial charge on any atom is 0.281 e. The van der Waals surface area contributed by atoms with Crippen LogP contribution in [0.3, 0.4) is 0 Å². The van der Waals surface area contributed by atoms with E-state index in [0.29, 0.717) is 29.2 Å². The number of thiocarbonyl (C=S) groups is 1. The van der Waals surface area contributed by atoms with E-state index in [1.165, 1.54) is 11.3 Å². The molecular weight excluding hydrogens is 322 g/mol. The number of hydrazine groups is 1.